The molecule has 0 saturated heterocycles. The zero-order valence-electron chi connectivity index (χ0n) is 11.1. The number of allylic oxidation sites excluding steroid dienone is 2. The second-order valence-corrected chi connectivity index (χ2v) is 4.60. The van der Waals surface area contributed by atoms with Crippen LogP contribution in [0.25, 0.3) is 0 Å². The van der Waals surface area contributed by atoms with Crippen LogP contribution in [0.1, 0.15) is 77.6 Å². The second-order valence-electron chi connectivity index (χ2n) is 4.60. The molecule has 1 N–H and O–H groups in total. The summed E-state index contributed by atoms with van der Waals surface area (Å²) in [5.74, 6) is 0. The summed E-state index contributed by atoms with van der Waals surface area (Å²) in [4.78, 5) is 0. The fraction of sp³-hybridized carbons (Fsp3) is 0.867. The molecule has 0 bridgehead atoms. The van der Waals surface area contributed by atoms with Gasteiger partial charge in [-0.3, -0.25) is 0 Å². The van der Waals surface area contributed by atoms with E-state index >= 15 is 0 Å². The van der Waals surface area contributed by atoms with Gasteiger partial charge in [0.1, 0.15) is 0 Å². The van der Waals surface area contributed by atoms with Crippen LogP contribution >= 0.6 is 0 Å². The molecule has 0 aliphatic rings. The van der Waals surface area contributed by atoms with Crippen LogP contribution in [-0.4, -0.2) is 11.7 Å². The smallest absolute Gasteiger partial charge is 0.0431 e. The Morgan fingerprint density at radius 3 is 1.69 bits per heavy atom. The van der Waals surface area contributed by atoms with Gasteiger partial charge in [-0.25, -0.2) is 0 Å². The molecule has 0 aliphatic heterocycles. The molecule has 0 aromatic carbocycles. The summed E-state index contributed by atoms with van der Waals surface area (Å²) in [7, 11) is 0. The highest BCUT2D eigenvalue weighted by atomic mass is 16.2. The number of hydrogen-bond donors (Lipinski definition) is 1. The average molecular weight is 226 g/mol. The molecule has 0 aromatic heterocycles. The van der Waals surface area contributed by atoms with E-state index in [4.69, 9.17) is 5.11 Å². The van der Waals surface area contributed by atoms with Gasteiger partial charge in [-0.2, -0.15) is 0 Å². The maximum absolute atomic E-state index is 8.61. The van der Waals surface area contributed by atoms with E-state index in [2.05, 4.69) is 19.1 Å². The fourth-order valence-corrected chi connectivity index (χ4v) is 1.83. The van der Waals surface area contributed by atoms with Crippen LogP contribution in [0.4, 0.5) is 0 Å². The number of hydrogen-bond acceptors (Lipinski definition) is 1. The largest absolute Gasteiger partial charge is 0.396 e. The van der Waals surface area contributed by atoms with Crippen LogP contribution in [0.15, 0.2) is 12.2 Å². The van der Waals surface area contributed by atoms with Gasteiger partial charge in [-0.1, -0.05) is 57.6 Å². The van der Waals surface area contributed by atoms with Crippen LogP contribution in [0, 0.1) is 0 Å². The molecule has 0 fully saturated rings. The van der Waals surface area contributed by atoms with Gasteiger partial charge in [0, 0.05) is 6.61 Å². The van der Waals surface area contributed by atoms with Crippen LogP contribution in [0.5, 0.6) is 0 Å². The normalized spacial score (nSPS) is 11.4. The van der Waals surface area contributed by atoms with Gasteiger partial charge in [0.25, 0.3) is 0 Å². The summed E-state index contributed by atoms with van der Waals surface area (Å²) in [6.07, 6.45) is 18.8. The monoisotopic (exact) mass is 226 g/mol. The van der Waals surface area contributed by atoms with Gasteiger partial charge < -0.3 is 5.11 Å². The SMILES string of the molecule is CCCCCCC/C=C/CCCCCCO. The minimum Gasteiger partial charge on any atom is -0.396 e. The molecule has 0 amide bonds. The van der Waals surface area contributed by atoms with Crippen molar-refractivity contribution in [2.75, 3.05) is 6.61 Å². The molecule has 1 nitrogen and oxygen atoms in total. The molecule has 96 valence electrons. The van der Waals surface area contributed by atoms with E-state index in [1.54, 1.807) is 0 Å². The Balaban J connectivity index is 2.98. The molecule has 0 rings (SSSR count). The first-order chi connectivity index (χ1) is 7.91. The summed E-state index contributed by atoms with van der Waals surface area (Å²) < 4.78 is 0. The molecule has 0 radical (unpaired) electrons. The number of rotatable bonds is 12. The van der Waals surface area contributed by atoms with Crippen LogP contribution in [0.3, 0.4) is 0 Å². The van der Waals surface area contributed by atoms with E-state index in [-0.39, 0.29) is 0 Å². The molecule has 0 spiro atoms. The third-order valence-electron chi connectivity index (χ3n) is 2.92. The van der Waals surface area contributed by atoms with Gasteiger partial charge in [0.05, 0.1) is 0 Å². The lowest BCUT2D eigenvalue weighted by Gasteiger charge is -1.97. The van der Waals surface area contributed by atoms with E-state index in [1.165, 1.54) is 64.2 Å². The number of aliphatic hydroxyl groups is 1. The number of unbranched alkanes of at least 4 members (excludes halogenated alkanes) is 9. The molecule has 0 unspecified atom stereocenters. The molecule has 0 heterocycles. The molecule has 0 atom stereocenters. The van der Waals surface area contributed by atoms with Crippen molar-refractivity contribution in [3.8, 4) is 0 Å². The lowest BCUT2D eigenvalue weighted by atomic mass is 10.1. The molecule has 0 saturated carbocycles. The maximum Gasteiger partial charge on any atom is 0.0431 e. The molecular formula is C15H30O. The van der Waals surface area contributed by atoms with E-state index in [1.807, 2.05) is 0 Å². The number of aliphatic hydroxyl groups excluding tert-OH is 1. The van der Waals surface area contributed by atoms with Gasteiger partial charge in [-0.05, 0) is 32.1 Å². The first kappa shape index (κ1) is 15.7. The first-order valence-corrected chi connectivity index (χ1v) is 7.17. The van der Waals surface area contributed by atoms with Crippen molar-refractivity contribution in [1.29, 1.82) is 0 Å². The third-order valence-corrected chi connectivity index (χ3v) is 2.92. The Labute approximate surface area is 102 Å². The van der Waals surface area contributed by atoms with E-state index in [0.717, 1.165) is 6.42 Å². The zero-order valence-corrected chi connectivity index (χ0v) is 11.1. The highest BCUT2D eigenvalue weighted by Gasteiger charge is 1.88. The summed E-state index contributed by atoms with van der Waals surface area (Å²) in [6, 6.07) is 0. The molecule has 1 heteroatoms. The zero-order chi connectivity index (χ0) is 11.9. The first-order valence-electron chi connectivity index (χ1n) is 7.17. The summed E-state index contributed by atoms with van der Waals surface area (Å²) in [5, 5.41) is 8.61. The predicted octanol–water partition coefficient (Wildman–Crippen LogP) is 4.85. The van der Waals surface area contributed by atoms with Gasteiger partial charge in [-0.15, -0.1) is 0 Å². The lowest BCUT2D eigenvalue weighted by molar-refractivity contribution is 0.282. The quantitative estimate of drug-likeness (QED) is 0.373. The average Bonchev–Trinajstić information content (AvgIpc) is 2.31. The van der Waals surface area contributed by atoms with E-state index in [9.17, 15) is 0 Å². The Morgan fingerprint density at radius 1 is 0.688 bits per heavy atom. The topological polar surface area (TPSA) is 20.2 Å². The van der Waals surface area contributed by atoms with Crippen molar-refractivity contribution in [3.05, 3.63) is 12.2 Å². The Kier molecular flexibility index (Phi) is 14.4. The highest BCUT2D eigenvalue weighted by molar-refractivity contribution is 4.81. The van der Waals surface area contributed by atoms with Crippen molar-refractivity contribution >= 4 is 0 Å². The van der Waals surface area contributed by atoms with Crippen LogP contribution in [0.2, 0.25) is 0 Å². The van der Waals surface area contributed by atoms with Gasteiger partial charge in [0.2, 0.25) is 0 Å². The Morgan fingerprint density at radius 2 is 1.19 bits per heavy atom. The molecule has 0 aliphatic carbocycles. The van der Waals surface area contributed by atoms with E-state index in [0.29, 0.717) is 6.61 Å². The Hall–Kier alpha value is -0.300. The van der Waals surface area contributed by atoms with Crippen molar-refractivity contribution in [2.24, 2.45) is 0 Å². The Bertz CT molecular complexity index is 124. The maximum atomic E-state index is 8.61. The van der Waals surface area contributed by atoms with Crippen LogP contribution < -0.4 is 0 Å². The molecule has 0 aromatic rings. The van der Waals surface area contributed by atoms with Crippen molar-refractivity contribution in [1.82, 2.24) is 0 Å². The molecule has 16 heavy (non-hydrogen) atoms. The minimum absolute atomic E-state index is 0.355. The summed E-state index contributed by atoms with van der Waals surface area (Å²) >= 11 is 0. The highest BCUT2D eigenvalue weighted by Crippen LogP contribution is 2.07. The lowest BCUT2D eigenvalue weighted by Crippen LogP contribution is -1.82. The van der Waals surface area contributed by atoms with Gasteiger partial charge >= 0.3 is 0 Å². The van der Waals surface area contributed by atoms with Crippen molar-refractivity contribution in [2.45, 2.75) is 77.6 Å². The standard InChI is InChI=1S/C15H30O/c1-2-3-4-5-6-7-8-9-10-11-12-13-14-15-16/h8-9,16H,2-7,10-15H2,1H3/b9-8+. The summed E-state index contributed by atoms with van der Waals surface area (Å²) in [5.41, 5.74) is 0. The van der Waals surface area contributed by atoms with E-state index < -0.39 is 0 Å². The van der Waals surface area contributed by atoms with Crippen LogP contribution in [-0.2, 0) is 0 Å². The fourth-order valence-electron chi connectivity index (χ4n) is 1.83. The predicted molar refractivity (Wildman–Crippen MR) is 72.7 cm³/mol. The second kappa shape index (κ2) is 14.7. The molecular weight excluding hydrogens is 196 g/mol. The summed E-state index contributed by atoms with van der Waals surface area (Å²) in [6.45, 7) is 2.62. The van der Waals surface area contributed by atoms with Crippen molar-refractivity contribution in [3.63, 3.8) is 0 Å². The minimum atomic E-state index is 0.355. The third kappa shape index (κ3) is 13.7. The van der Waals surface area contributed by atoms with Gasteiger partial charge in [0.15, 0.2) is 0 Å². The van der Waals surface area contributed by atoms with Crippen molar-refractivity contribution < 1.29 is 5.11 Å².